The monoisotopic (exact) mass is 289 g/mol. The number of carbonyl (C=O) groups excluding carboxylic acids is 1. The van der Waals surface area contributed by atoms with E-state index in [0.717, 1.165) is 38.7 Å². The van der Waals surface area contributed by atoms with Crippen LogP contribution in [0.3, 0.4) is 0 Å². The van der Waals surface area contributed by atoms with E-state index in [2.05, 4.69) is 10.0 Å². The van der Waals surface area contributed by atoms with Gasteiger partial charge in [-0.3, -0.25) is 4.79 Å². The van der Waals surface area contributed by atoms with Crippen LogP contribution in [0, 0.1) is 11.8 Å². The average Bonchev–Trinajstić information content (AvgIpc) is 2.23. The zero-order valence-electron chi connectivity index (χ0n) is 11.6. The molecule has 2 fully saturated rings. The Hall–Kier alpha value is -0.660. The Kier molecular flexibility index (Phi) is 4.47. The van der Waals surface area contributed by atoms with Gasteiger partial charge in [-0.15, -0.1) is 0 Å². The molecular formula is C12H23N3O3S. The van der Waals surface area contributed by atoms with Crippen molar-refractivity contribution in [1.82, 2.24) is 14.9 Å². The smallest absolute Gasteiger partial charge is 0.225 e. The number of likely N-dealkylation sites (tertiary alicyclic amines) is 1. The molecular weight excluding hydrogens is 266 g/mol. The zero-order valence-corrected chi connectivity index (χ0v) is 12.4. The van der Waals surface area contributed by atoms with Crippen molar-refractivity contribution in [2.75, 3.05) is 32.4 Å². The highest BCUT2D eigenvalue weighted by molar-refractivity contribution is 7.88. The van der Waals surface area contributed by atoms with Crippen LogP contribution in [0.1, 0.15) is 19.8 Å². The first-order chi connectivity index (χ1) is 8.87. The molecule has 6 nitrogen and oxygen atoms in total. The second kappa shape index (κ2) is 5.76. The summed E-state index contributed by atoms with van der Waals surface area (Å²) in [5.41, 5.74) is 0. The topological polar surface area (TPSA) is 78.5 Å². The fourth-order valence-corrected chi connectivity index (χ4v) is 3.53. The van der Waals surface area contributed by atoms with Gasteiger partial charge in [-0.2, -0.15) is 0 Å². The van der Waals surface area contributed by atoms with E-state index in [1.807, 2.05) is 11.8 Å². The molecule has 0 aromatic carbocycles. The predicted molar refractivity (Wildman–Crippen MR) is 73.1 cm³/mol. The van der Waals surface area contributed by atoms with Gasteiger partial charge in [-0.05, 0) is 31.8 Å². The first-order valence-corrected chi connectivity index (χ1v) is 8.73. The molecule has 0 saturated carbocycles. The third-order valence-electron chi connectivity index (χ3n) is 4.02. The van der Waals surface area contributed by atoms with Gasteiger partial charge >= 0.3 is 0 Å². The van der Waals surface area contributed by atoms with E-state index in [0.29, 0.717) is 12.5 Å². The van der Waals surface area contributed by atoms with Crippen LogP contribution in [-0.4, -0.2) is 57.7 Å². The summed E-state index contributed by atoms with van der Waals surface area (Å²) in [6.07, 6.45) is 2.82. The largest absolute Gasteiger partial charge is 0.341 e. The summed E-state index contributed by atoms with van der Waals surface area (Å²) in [5, 5.41) is 3.18. The third kappa shape index (κ3) is 3.90. The lowest BCUT2D eigenvalue weighted by Gasteiger charge is -2.38. The van der Waals surface area contributed by atoms with Crippen LogP contribution in [0.4, 0.5) is 0 Å². The van der Waals surface area contributed by atoms with E-state index in [1.54, 1.807) is 0 Å². The molecule has 7 heteroatoms. The first-order valence-electron chi connectivity index (χ1n) is 6.83. The molecule has 2 aliphatic heterocycles. The summed E-state index contributed by atoms with van der Waals surface area (Å²) in [6.45, 7) is 5.03. The van der Waals surface area contributed by atoms with E-state index in [-0.39, 0.29) is 17.9 Å². The number of nitrogens with one attached hydrogen (secondary N) is 2. The second-order valence-electron chi connectivity index (χ2n) is 5.72. The fourth-order valence-electron chi connectivity index (χ4n) is 2.73. The van der Waals surface area contributed by atoms with Gasteiger partial charge in [0.25, 0.3) is 0 Å². The molecule has 0 spiro atoms. The van der Waals surface area contributed by atoms with Crippen molar-refractivity contribution < 1.29 is 13.2 Å². The van der Waals surface area contributed by atoms with Crippen LogP contribution in [0.5, 0.6) is 0 Å². The van der Waals surface area contributed by atoms with Gasteiger partial charge in [0.2, 0.25) is 15.9 Å². The molecule has 0 aliphatic carbocycles. The van der Waals surface area contributed by atoms with Gasteiger partial charge in [-0.25, -0.2) is 13.1 Å². The van der Waals surface area contributed by atoms with Crippen molar-refractivity contribution in [2.45, 2.75) is 25.8 Å². The maximum Gasteiger partial charge on any atom is 0.225 e. The van der Waals surface area contributed by atoms with Crippen LogP contribution in [-0.2, 0) is 14.8 Å². The molecule has 0 aromatic heterocycles. The van der Waals surface area contributed by atoms with E-state index >= 15 is 0 Å². The molecule has 0 radical (unpaired) electrons. The molecule has 2 unspecified atom stereocenters. The van der Waals surface area contributed by atoms with Crippen LogP contribution in [0.2, 0.25) is 0 Å². The summed E-state index contributed by atoms with van der Waals surface area (Å²) in [5.74, 6) is 0.612. The molecule has 2 saturated heterocycles. The summed E-state index contributed by atoms with van der Waals surface area (Å²) in [7, 11) is -3.20. The first kappa shape index (κ1) is 14.7. The number of nitrogens with zero attached hydrogens (tertiary/aromatic N) is 1. The summed E-state index contributed by atoms with van der Waals surface area (Å²) in [6, 6.07) is -0.139. The Labute approximate surface area is 115 Å². The third-order valence-corrected chi connectivity index (χ3v) is 4.78. The highest BCUT2D eigenvalue weighted by atomic mass is 32.2. The van der Waals surface area contributed by atoms with Gasteiger partial charge in [0.1, 0.15) is 0 Å². The molecule has 2 heterocycles. The summed E-state index contributed by atoms with van der Waals surface area (Å²) in [4.78, 5) is 14.2. The molecule has 19 heavy (non-hydrogen) atoms. The Morgan fingerprint density at radius 3 is 2.63 bits per heavy atom. The number of carbonyl (C=O) groups is 1. The highest BCUT2D eigenvalue weighted by Gasteiger charge is 2.33. The molecule has 2 atom stereocenters. The van der Waals surface area contributed by atoms with E-state index < -0.39 is 10.0 Å². The Balaban J connectivity index is 1.91. The lowest BCUT2D eigenvalue weighted by molar-refractivity contribution is -0.138. The standard InChI is InChI=1S/C12H23N3O3S/c1-9(10-6-13-7-10)12(16)15-5-3-4-11(8-15)14-19(2,17)18/h9-11,13-14H,3-8H2,1-2H3. The molecule has 110 valence electrons. The molecule has 2 N–H and O–H groups in total. The minimum atomic E-state index is -3.20. The van der Waals surface area contributed by atoms with E-state index in [4.69, 9.17) is 0 Å². The van der Waals surface area contributed by atoms with Crippen LogP contribution >= 0.6 is 0 Å². The summed E-state index contributed by atoms with van der Waals surface area (Å²) >= 11 is 0. The number of rotatable bonds is 4. The lowest BCUT2D eigenvalue weighted by atomic mass is 9.87. The van der Waals surface area contributed by atoms with E-state index in [1.165, 1.54) is 0 Å². The van der Waals surface area contributed by atoms with Crippen molar-refractivity contribution in [3.8, 4) is 0 Å². The Morgan fingerprint density at radius 1 is 1.42 bits per heavy atom. The maximum atomic E-state index is 12.4. The summed E-state index contributed by atoms with van der Waals surface area (Å²) < 4.78 is 25.1. The molecule has 1 amide bonds. The Bertz CT molecular complexity index is 434. The average molecular weight is 289 g/mol. The number of hydrogen-bond donors (Lipinski definition) is 2. The van der Waals surface area contributed by atoms with Gasteiger partial charge < -0.3 is 10.2 Å². The molecule has 2 rings (SSSR count). The number of piperidine rings is 1. The minimum Gasteiger partial charge on any atom is -0.341 e. The SMILES string of the molecule is CC(C(=O)N1CCCC(NS(C)(=O)=O)C1)C1CNC1. The minimum absolute atomic E-state index is 0.0261. The molecule has 0 aromatic rings. The lowest BCUT2D eigenvalue weighted by Crippen LogP contribution is -2.54. The zero-order chi connectivity index (χ0) is 14.0. The van der Waals surface area contributed by atoms with Gasteiger partial charge in [-0.1, -0.05) is 6.92 Å². The Morgan fingerprint density at radius 2 is 2.11 bits per heavy atom. The number of sulfonamides is 1. The highest BCUT2D eigenvalue weighted by Crippen LogP contribution is 2.21. The van der Waals surface area contributed by atoms with Crippen molar-refractivity contribution >= 4 is 15.9 Å². The quantitative estimate of drug-likeness (QED) is 0.723. The number of amides is 1. The van der Waals surface area contributed by atoms with E-state index in [9.17, 15) is 13.2 Å². The van der Waals surface area contributed by atoms with Crippen LogP contribution in [0.25, 0.3) is 0 Å². The van der Waals surface area contributed by atoms with Crippen LogP contribution < -0.4 is 10.0 Å². The second-order valence-corrected chi connectivity index (χ2v) is 7.50. The molecule has 0 bridgehead atoms. The van der Waals surface area contributed by atoms with Crippen molar-refractivity contribution in [2.24, 2.45) is 11.8 Å². The number of hydrogen-bond acceptors (Lipinski definition) is 4. The van der Waals surface area contributed by atoms with Gasteiger partial charge in [0, 0.05) is 25.0 Å². The van der Waals surface area contributed by atoms with Gasteiger partial charge in [0.15, 0.2) is 0 Å². The van der Waals surface area contributed by atoms with Crippen molar-refractivity contribution in [3.05, 3.63) is 0 Å². The van der Waals surface area contributed by atoms with Crippen molar-refractivity contribution in [3.63, 3.8) is 0 Å². The van der Waals surface area contributed by atoms with Crippen molar-refractivity contribution in [1.29, 1.82) is 0 Å². The maximum absolute atomic E-state index is 12.4. The van der Waals surface area contributed by atoms with Gasteiger partial charge in [0.05, 0.1) is 6.26 Å². The molecule has 2 aliphatic rings. The van der Waals surface area contributed by atoms with Crippen LogP contribution in [0.15, 0.2) is 0 Å². The normalized spacial score (nSPS) is 26.8. The predicted octanol–water partition coefficient (Wildman–Crippen LogP) is -0.618. The fraction of sp³-hybridized carbons (Fsp3) is 0.917.